The van der Waals surface area contributed by atoms with Crippen molar-refractivity contribution in [2.45, 2.75) is 19.2 Å². The predicted molar refractivity (Wildman–Crippen MR) is 76.2 cm³/mol. The largest absolute Gasteiger partial charge is 0.516 e. The number of halogens is 2. The molecule has 24 heavy (non-hydrogen) atoms. The fraction of sp³-hybridized carbons (Fsp3) is 0.308. The Labute approximate surface area is 133 Å². The Bertz CT molecular complexity index is 666. The van der Waals surface area contributed by atoms with E-state index in [-0.39, 0.29) is 12.0 Å². The molecule has 0 fully saturated rings. The number of carbonyl (C=O) groups is 1. The van der Waals surface area contributed by atoms with E-state index in [2.05, 4.69) is 16.1 Å². The molecule has 1 rings (SSSR count). The van der Waals surface area contributed by atoms with Crippen LogP contribution in [0.15, 0.2) is 24.8 Å². The van der Waals surface area contributed by atoms with Crippen LogP contribution in [0.1, 0.15) is 12.0 Å². The summed E-state index contributed by atoms with van der Waals surface area (Å²) in [5.74, 6) is -0.667. The Morgan fingerprint density at radius 2 is 1.92 bits per heavy atom. The van der Waals surface area contributed by atoms with Gasteiger partial charge in [-0.1, -0.05) is 6.08 Å². The number of nitro groups is 2. The maximum Gasteiger partial charge on any atom is 0.516 e. The van der Waals surface area contributed by atoms with Crippen molar-refractivity contribution in [3.63, 3.8) is 0 Å². The summed E-state index contributed by atoms with van der Waals surface area (Å²) in [4.78, 5) is 31.5. The topological polar surface area (TPSA) is 122 Å². The van der Waals surface area contributed by atoms with E-state index in [9.17, 15) is 33.8 Å². The number of alkyl halides is 2. The minimum absolute atomic E-state index is 0.0102. The van der Waals surface area contributed by atoms with Gasteiger partial charge in [-0.05, 0) is 12.5 Å². The summed E-state index contributed by atoms with van der Waals surface area (Å²) in [5.41, 5.74) is -1.46. The highest BCUT2D eigenvalue weighted by Gasteiger charge is 2.27. The first-order chi connectivity index (χ1) is 11.3. The molecular weight excluding hydrogens is 334 g/mol. The van der Waals surface area contributed by atoms with E-state index in [1.54, 1.807) is 0 Å². The molecule has 0 N–H and O–H groups in total. The average molecular weight is 346 g/mol. The standard InChI is InChI=1S/C13H12F2N2O7/c1-2-3-8-6-11(23-13(18)24-12(15)4-5-14)10(17(21)22)7-9(8)16(19)20/h2,6-7,12H,1,3-5H2. The number of ether oxygens (including phenoxy) is 2. The number of benzene rings is 1. The molecule has 0 aliphatic rings. The van der Waals surface area contributed by atoms with Crippen LogP contribution in [-0.4, -0.2) is 29.0 Å². The van der Waals surface area contributed by atoms with Crippen molar-refractivity contribution in [1.29, 1.82) is 0 Å². The first-order valence-electron chi connectivity index (χ1n) is 6.45. The Morgan fingerprint density at radius 3 is 2.42 bits per heavy atom. The molecule has 0 aliphatic heterocycles. The molecule has 0 saturated heterocycles. The van der Waals surface area contributed by atoms with Crippen molar-refractivity contribution < 1.29 is 32.9 Å². The third kappa shape index (κ3) is 4.97. The Hall–Kier alpha value is -3.11. The minimum atomic E-state index is -2.28. The van der Waals surface area contributed by atoms with Gasteiger partial charge in [-0.15, -0.1) is 6.58 Å². The molecule has 1 atom stereocenters. The Kier molecular flexibility index (Phi) is 6.71. The number of hydrogen-bond donors (Lipinski definition) is 0. The molecule has 0 saturated carbocycles. The number of carbonyl (C=O) groups excluding carboxylic acids is 1. The highest BCUT2D eigenvalue weighted by atomic mass is 19.2. The van der Waals surface area contributed by atoms with E-state index < -0.39 is 52.6 Å². The molecule has 0 spiro atoms. The zero-order valence-corrected chi connectivity index (χ0v) is 12.1. The molecular formula is C13H12F2N2O7. The summed E-state index contributed by atoms with van der Waals surface area (Å²) >= 11 is 0. The van der Waals surface area contributed by atoms with Gasteiger partial charge in [0, 0.05) is 12.0 Å². The molecule has 0 amide bonds. The fourth-order valence-corrected chi connectivity index (χ4v) is 1.68. The van der Waals surface area contributed by atoms with Gasteiger partial charge in [-0.25, -0.2) is 9.18 Å². The predicted octanol–water partition coefficient (Wildman–Crippen LogP) is 3.40. The van der Waals surface area contributed by atoms with Crippen LogP contribution in [0.3, 0.4) is 0 Å². The van der Waals surface area contributed by atoms with Gasteiger partial charge in [0.2, 0.25) is 12.1 Å². The Balaban J connectivity index is 3.18. The number of allylic oxidation sites excluding steroid dienone is 1. The fourth-order valence-electron chi connectivity index (χ4n) is 1.68. The van der Waals surface area contributed by atoms with Crippen LogP contribution in [0.4, 0.5) is 25.0 Å². The van der Waals surface area contributed by atoms with Crippen molar-refractivity contribution in [2.24, 2.45) is 0 Å². The molecule has 0 aliphatic carbocycles. The maximum atomic E-state index is 13.0. The third-order valence-corrected chi connectivity index (χ3v) is 2.67. The van der Waals surface area contributed by atoms with Crippen molar-refractivity contribution in [2.75, 3.05) is 6.67 Å². The van der Waals surface area contributed by atoms with Crippen molar-refractivity contribution in [3.05, 3.63) is 50.6 Å². The van der Waals surface area contributed by atoms with Gasteiger partial charge in [0.1, 0.15) is 0 Å². The summed E-state index contributed by atoms with van der Waals surface area (Å²) < 4.78 is 33.5. The molecule has 1 aromatic carbocycles. The monoisotopic (exact) mass is 346 g/mol. The highest BCUT2D eigenvalue weighted by molar-refractivity contribution is 5.68. The van der Waals surface area contributed by atoms with E-state index in [1.165, 1.54) is 6.08 Å². The van der Waals surface area contributed by atoms with E-state index in [0.717, 1.165) is 6.07 Å². The van der Waals surface area contributed by atoms with Crippen LogP contribution in [0.5, 0.6) is 5.75 Å². The van der Waals surface area contributed by atoms with E-state index in [0.29, 0.717) is 6.07 Å². The first kappa shape index (κ1) is 18.9. The second-order valence-corrected chi connectivity index (χ2v) is 4.31. The molecule has 0 heterocycles. The van der Waals surface area contributed by atoms with Crippen molar-refractivity contribution in [3.8, 4) is 5.75 Å². The van der Waals surface area contributed by atoms with Gasteiger partial charge >= 0.3 is 11.8 Å². The molecule has 0 aromatic heterocycles. The molecule has 11 heteroatoms. The van der Waals surface area contributed by atoms with E-state index in [4.69, 9.17) is 0 Å². The number of nitrogens with zero attached hydrogens (tertiary/aromatic N) is 2. The van der Waals surface area contributed by atoms with Crippen LogP contribution in [0, 0.1) is 20.2 Å². The van der Waals surface area contributed by atoms with Gasteiger partial charge in [-0.3, -0.25) is 24.6 Å². The quantitative estimate of drug-likeness (QED) is 0.232. The molecule has 1 unspecified atom stereocenters. The number of hydrogen-bond acceptors (Lipinski definition) is 7. The van der Waals surface area contributed by atoms with Crippen LogP contribution in [0.25, 0.3) is 0 Å². The number of nitro benzene ring substituents is 2. The van der Waals surface area contributed by atoms with Crippen LogP contribution >= 0.6 is 0 Å². The second-order valence-electron chi connectivity index (χ2n) is 4.31. The van der Waals surface area contributed by atoms with E-state index in [1.807, 2.05) is 0 Å². The van der Waals surface area contributed by atoms with E-state index >= 15 is 0 Å². The zero-order chi connectivity index (χ0) is 18.3. The molecule has 0 radical (unpaired) electrons. The van der Waals surface area contributed by atoms with Crippen molar-refractivity contribution in [1.82, 2.24) is 0 Å². The maximum absolute atomic E-state index is 13.0. The molecule has 1 aromatic rings. The lowest BCUT2D eigenvalue weighted by atomic mass is 10.1. The molecule has 0 bridgehead atoms. The van der Waals surface area contributed by atoms with Crippen LogP contribution in [-0.2, 0) is 11.2 Å². The van der Waals surface area contributed by atoms with Crippen LogP contribution < -0.4 is 4.74 Å². The lowest BCUT2D eigenvalue weighted by molar-refractivity contribution is -0.395. The normalized spacial score (nSPS) is 11.4. The SMILES string of the molecule is C=CCc1cc(OC(=O)OC(F)CCF)c([N+](=O)[O-])cc1[N+](=O)[O-]. The molecule has 9 nitrogen and oxygen atoms in total. The molecule has 130 valence electrons. The van der Waals surface area contributed by atoms with Crippen molar-refractivity contribution >= 4 is 17.5 Å². The summed E-state index contributed by atoms with van der Waals surface area (Å²) in [6, 6.07) is 1.50. The summed E-state index contributed by atoms with van der Waals surface area (Å²) in [5, 5.41) is 21.9. The smallest absolute Gasteiger partial charge is 0.399 e. The third-order valence-electron chi connectivity index (χ3n) is 2.67. The second kappa shape index (κ2) is 8.50. The number of rotatable bonds is 8. The van der Waals surface area contributed by atoms with Crippen LogP contribution in [0.2, 0.25) is 0 Å². The summed E-state index contributed by atoms with van der Waals surface area (Å²) in [6.45, 7) is 2.30. The first-order valence-corrected chi connectivity index (χ1v) is 6.45. The average Bonchev–Trinajstić information content (AvgIpc) is 2.46. The van der Waals surface area contributed by atoms with Gasteiger partial charge in [0.25, 0.3) is 5.69 Å². The minimum Gasteiger partial charge on any atom is -0.399 e. The van der Waals surface area contributed by atoms with Gasteiger partial charge < -0.3 is 9.47 Å². The summed E-state index contributed by atoms with van der Waals surface area (Å²) in [7, 11) is 0. The lowest BCUT2D eigenvalue weighted by Crippen LogP contribution is -2.18. The van der Waals surface area contributed by atoms with Gasteiger partial charge in [0.05, 0.1) is 22.6 Å². The highest BCUT2D eigenvalue weighted by Crippen LogP contribution is 2.35. The zero-order valence-electron chi connectivity index (χ0n) is 12.1. The van der Waals surface area contributed by atoms with Gasteiger partial charge in [0.15, 0.2) is 0 Å². The Morgan fingerprint density at radius 1 is 1.29 bits per heavy atom. The van der Waals surface area contributed by atoms with Gasteiger partial charge in [-0.2, -0.15) is 0 Å². The summed E-state index contributed by atoms with van der Waals surface area (Å²) in [6.07, 6.45) is -3.38. The lowest BCUT2D eigenvalue weighted by Gasteiger charge is -2.10.